The monoisotopic (exact) mass is 814 g/mol. The van der Waals surface area contributed by atoms with Crippen LogP contribution in [0.1, 0.15) is 206 Å². The van der Waals surface area contributed by atoms with Crippen LogP contribution in [0.3, 0.4) is 0 Å². The van der Waals surface area contributed by atoms with Crippen LogP contribution in [0.15, 0.2) is 24.8 Å². The minimum absolute atomic E-state index is 0.0307. The van der Waals surface area contributed by atoms with Gasteiger partial charge in [-0.1, -0.05) is 160 Å². The summed E-state index contributed by atoms with van der Waals surface area (Å²) >= 11 is 0. The lowest BCUT2D eigenvalue weighted by molar-refractivity contribution is -0.870. The number of esters is 2. The third-order valence-corrected chi connectivity index (χ3v) is 11.1. The van der Waals surface area contributed by atoms with E-state index in [2.05, 4.69) is 25.7 Å². The second-order valence-corrected chi connectivity index (χ2v) is 18.3. The zero-order valence-electron chi connectivity index (χ0n) is 36.9. The van der Waals surface area contributed by atoms with Gasteiger partial charge in [0.05, 0.1) is 27.7 Å². The first-order valence-corrected chi connectivity index (χ1v) is 24.5. The quantitative estimate of drug-likeness (QED) is 0.0197. The van der Waals surface area contributed by atoms with Crippen molar-refractivity contribution in [1.29, 1.82) is 0 Å². The Balaban J connectivity index is 4.30. The summed E-state index contributed by atoms with van der Waals surface area (Å²) < 4.78 is 33.9. The molecule has 330 valence electrons. The number of carbonyl (C=O) groups is 2. The molecular formula is C46H88NO8P. The number of likely N-dealkylation sites (N-methyl/N-ethyl adjacent to an activating group) is 1. The molecule has 56 heavy (non-hydrogen) atoms. The summed E-state index contributed by atoms with van der Waals surface area (Å²) in [5.74, 6) is -0.836. The summed E-state index contributed by atoms with van der Waals surface area (Å²) in [5, 5.41) is 0. The van der Waals surface area contributed by atoms with Crippen molar-refractivity contribution in [2.24, 2.45) is 0 Å². The van der Waals surface area contributed by atoms with Crippen LogP contribution in [-0.2, 0) is 32.7 Å². The SMILES string of the molecule is C=CCCCCCCCCCCCCCCCC(=O)OC[C@H](COP(=O)([O-])OCC[N+](C)(C)C)OC(=O)CCCCCCCCC/C=C/CCCCCCCC. The lowest BCUT2D eigenvalue weighted by Gasteiger charge is -2.28. The molecule has 2 atom stereocenters. The minimum atomic E-state index is -4.62. The molecule has 0 amide bonds. The van der Waals surface area contributed by atoms with E-state index < -0.39 is 26.5 Å². The van der Waals surface area contributed by atoms with Crippen molar-refractivity contribution in [3.8, 4) is 0 Å². The zero-order valence-corrected chi connectivity index (χ0v) is 37.8. The van der Waals surface area contributed by atoms with Crippen molar-refractivity contribution in [3.63, 3.8) is 0 Å². The first-order valence-electron chi connectivity index (χ1n) is 23.0. The van der Waals surface area contributed by atoms with Crippen LogP contribution in [0.4, 0.5) is 0 Å². The van der Waals surface area contributed by atoms with Gasteiger partial charge in [0, 0.05) is 12.8 Å². The molecule has 0 N–H and O–H groups in total. The Labute approximate surface area is 345 Å². The lowest BCUT2D eigenvalue weighted by Crippen LogP contribution is -2.37. The van der Waals surface area contributed by atoms with E-state index in [0.717, 1.165) is 51.4 Å². The van der Waals surface area contributed by atoms with Crippen molar-refractivity contribution in [2.45, 2.75) is 212 Å². The van der Waals surface area contributed by atoms with E-state index in [1.807, 2.05) is 27.2 Å². The Hall–Kier alpha value is -1.51. The number of ether oxygens (including phenoxy) is 2. The van der Waals surface area contributed by atoms with Gasteiger partial charge in [-0.15, -0.1) is 6.58 Å². The molecule has 0 saturated carbocycles. The Morgan fingerprint density at radius 1 is 0.589 bits per heavy atom. The van der Waals surface area contributed by atoms with Gasteiger partial charge >= 0.3 is 11.9 Å². The van der Waals surface area contributed by atoms with Gasteiger partial charge in [-0.25, -0.2) is 0 Å². The highest BCUT2D eigenvalue weighted by atomic mass is 31.2. The predicted octanol–water partition coefficient (Wildman–Crippen LogP) is 12.5. The number of allylic oxidation sites excluding steroid dienone is 3. The highest BCUT2D eigenvalue weighted by Crippen LogP contribution is 2.38. The van der Waals surface area contributed by atoms with Gasteiger partial charge in [-0.3, -0.25) is 14.2 Å². The molecule has 0 heterocycles. The number of quaternary nitrogens is 1. The van der Waals surface area contributed by atoms with E-state index in [9.17, 15) is 19.0 Å². The van der Waals surface area contributed by atoms with E-state index in [1.165, 1.54) is 128 Å². The molecule has 1 unspecified atom stereocenters. The van der Waals surface area contributed by atoms with E-state index in [-0.39, 0.29) is 32.0 Å². The first kappa shape index (κ1) is 54.5. The smallest absolute Gasteiger partial charge is 0.306 e. The van der Waals surface area contributed by atoms with Crippen molar-refractivity contribution in [2.75, 3.05) is 47.5 Å². The van der Waals surface area contributed by atoms with Gasteiger partial charge in [0.25, 0.3) is 7.82 Å². The van der Waals surface area contributed by atoms with Crippen molar-refractivity contribution in [1.82, 2.24) is 0 Å². The number of unbranched alkanes of at least 4 members (excludes halogenated alkanes) is 26. The van der Waals surface area contributed by atoms with Gasteiger partial charge in [-0.2, -0.15) is 0 Å². The molecule has 0 rings (SSSR count). The summed E-state index contributed by atoms with van der Waals surface area (Å²) in [6.45, 7) is 5.76. The molecule has 0 fully saturated rings. The molecule has 0 aliphatic heterocycles. The first-order chi connectivity index (χ1) is 27.0. The third kappa shape index (κ3) is 42.1. The zero-order chi connectivity index (χ0) is 41.4. The van der Waals surface area contributed by atoms with Crippen molar-refractivity contribution < 1.29 is 42.1 Å². The van der Waals surface area contributed by atoms with Crippen LogP contribution >= 0.6 is 7.82 Å². The molecule has 0 aromatic carbocycles. The highest BCUT2D eigenvalue weighted by Gasteiger charge is 2.21. The van der Waals surface area contributed by atoms with Crippen LogP contribution in [0.2, 0.25) is 0 Å². The van der Waals surface area contributed by atoms with Gasteiger partial charge in [0.15, 0.2) is 6.10 Å². The van der Waals surface area contributed by atoms with E-state index in [0.29, 0.717) is 17.4 Å². The van der Waals surface area contributed by atoms with Gasteiger partial charge in [0.2, 0.25) is 0 Å². The van der Waals surface area contributed by atoms with Crippen LogP contribution in [0.5, 0.6) is 0 Å². The third-order valence-electron chi connectivity index (χ3n) is 10.1. The molecule has 0 aromatic rings. The van der Waals surface area contributed by atoms with E-state index >= 15 is 0 Å². The van der Waals surface area contributed by atoms with Crippen molar-refractivity contribution >= 4 is 19.8 Å². The Morgan fingerprint density at radius 2 is 1.00 bits per heavy atom. The molecule has 0 aromatic heterocycles. The van der Waals surface area contributed by atoms with Crippen LogP contribution < -0.4 is 4.89 Å². The number of phosphoric ester groups is 1. The van der Waals surface area contributed by atoms with E-state index in [1.54, 1.807) is 0 Å². The number of rotatable bonds is 43. The molecule has 0 radical (unpaired) electrons. The second kappa shape index (κ2) is 39.0. The van der Waals surface area contributed by atoms with Crippen LogP contribution in [0, 0.1) is 0 Å². The largest absolute Gasteiger partial charge is 0.756 e. The molecule has 9 nitrogen and oxygen atoms in total. The molecular weight excluding hydrogens is 725 g/mol. The molecule has 10 heteroatoms. The fourth-order valence-corrected chi connectivity index (χ4v) is 7.18. The second-order valence-electron chi connectivity index (χ2n) is 16.8. The maximum Gasteiger partial charge on any atom is 0.306 e. The molecule has 0 spiro atoms. The normalized spacial score (nSPS) is 13.5. The molecule has 0 aliphatic carbocycles. The van der Waals surface area contributed by atoms with Crippen LogP contribution in [-0.4, -0.2) is 70.0 Å². The van der Waals surface area contributed by atoms with Crippen molar-refractivity contribution in [3.05, 3.63) is 24.8 Å². The van der Waals surface area contributed by atoms with Gasteiger partial charge in [-0.05, 0) is 51.4 Å². The number of hydrogen-bond acceptors (Lipinski definition) is 8. The standard InChI is InChI=1S/C46H88NO8P/c1-6-8-10-12-14-16-18-20-22-23-25-27-29-31-33-35-37-39-46(49)55-44(43-54-56(50,51)53-41-40-47(3,4)5)42-52-45(48)38-36-34-32-30-28-26-24-21-19-17-15-13-11-9-7-2/h7,20,22,44H,2,6,8-19,21,23-43H2,1,3-5H3/b22-20+/t44-/m1/s1. The fourth-order valence-electron chi connectivity index (χ4n) is 6.45. The van der Waals surface area contributed by atoms with Gasteiger partial charge in [0.1, 0.15) is 19.8 Å². The summed E-state index contributed by atoms with van der Waals surface area (Å²) in [7, 11) is 1.17. The number of phosphoric acid groups is 1. The molecule has 0 bridgehead atoms. The van der Waals surface area contributed by atoms with Crippen LogP contribution in [0.25, 0.3) is 0 Å². The molecule has 0 aliphatic rings. The Kier molecular flexibility index (Phi) is 37.9. The Bertz CT molecular complexity index is 998. The maximum atomic E-state index is 12.7. The Morgan fingerprint density at radius 3 is 1.45 bits per heavy atom. The maximum absolute atomic E-state index is 12.7. The summed E-state index contributed by atoms with van der Waals surface area (Å²) in [6, 6.07) is 0. The predicted molar refractivity (Wildman–Crippen MR) is 231 cm³/mol. The average Bonchev–Trinajstić information content (AvgIpc) is 3.15. The lowest BCUT2D eigenvalue weighted by atomic mass is 10.0. The minimum Gasteiger partial charge on any atom is -0.756 e. The topological polar surface area (TPSA) is 111 Å². The number of hydrogen-bond donors (Lipinski definition) is 0. The summed E-state index contributed by atoms with van der Waals surface area (Å²) in [4.78, 5) is 37.6. The summed E-state index contributed by atoms with van der Waals surface area (Å²) in [6.07, 6.45) is 40.9. The highest BCUT2D eigenvalue weighted by molar-refractivity contribution is 7.45. The average molecular weight is 814 g/mol. The number of nitrogens with zero attached hydrogens (tertiary/aromatic N) is 1. The number of carbonyl (C=O) groups excluding carboxylic acids is 2. The summed E-state index contributed by atoms with van der Waals surface area (Å²) in [5.41, 5.74) is 0. The molecule has 0 saturated heterocycles. The fraction of sp³-hybridized carbons (Fsp3) is 0.870. The van der Waals surface area contributed by atoms with E-state index in [4.69, 9.17) is 18.5 Å². The van der Waals surface area contributed by atoms with Gasteiger partial charge < -0.3 is 27.9 Å².